The van der Waals surface area contributed by atoms with Gasteiger partial charge in [-0.05, 0) is 52.3 Å². The van der Waals surface area contributed by atoms with E-state index < -0.39 is 27.7 Å². The van der Waals surface area contributed by atoms with Crippen LogP contribution in [0.3, 0.4) is 0 Å². The molecular weight excluding hydrogens is 421 g/mol. The maximum Gasteiger partial charge on any atom is 0.338 e. The number of carbonyl (C=O) groups excluding carboxylic acids is 2. The highest BCUT2D eigenvalue weighted by molar-refractivity contribution is 7.89. The number of nitrogens with one attached hydrogen (secondary N) is 1. The molecule has 0 aliphatic rings. The molecule has 2 aromatic carbocycles. The van der Waals surface area contributed by atoms with Gasteiger partial charge in [-0.3, -0.25) is 9.52 Å². The SMILES string of the molecule is COC(=O)c1ccccc1CS(=O)(=O)NC(=O)Cc1c(C(C)C)cc(F)cc1C(C)C. The van der Waals surface area contributed by atoms with Crippen molar-refractivity contribution in [3.05, 3.63) is 70.0 Å². The molecule has 0 radical (unpaired) electrons. The summed E-state index contributed by atoms with van der Waals surface area (Å²) in [6.07, 6.45) is -0.195. The third kappa shape index (κ3) is 6.37. The van der Waals surface area contributed by atoms with Crippen molar-refractivity contribution in [3.63, 3.8) is 0 Å². The van der Waals surface area contributed by atoms with Crippen LogP contribution in [0.25, 0.3) is 0 Å². The number of benzene rings is 2. The van der Waals surface area contributed by atoms with E-state index in [1.165, 1.54) is 31.4 Å². The summed E-state index contributed by atoms with van der Waals surface area (Å²) in [4.78, 5) is 24.5. The Bertz CT molecular complexity index is 1050. The molecule has 0 aliphatic heterocycles. The molecule has 2 aromatic rings. The van der Waals surface area contributed by atoms with Crippen molar-refractivity contribution in [1.82, 2.24) is 4.72 Å². The lowest BCUT2D eigenvalue weighted by Gasteiger charge is -2.20. The first kappa shape index (κ1) is 24.5. The van der Waals surface area contributed by atoms with Crippen LogP contribution in [0.1, 0.15) is 72.1 Å². The van der Waals surface area contributed by atoms with Crippen LogP contribution in [0.15, 0.2) is 36.4 Å². The van der Waals surface area contributed by atoms with Crippen molar-refractivity contribution >= 4 is 21.9 Å². The number of hydrogen-bond acceptors (Lipinski definition) is 5. The molecule has 1 amide bonds. The molecule has 0 atom stereocenters. The average Bonchev–Trinajstić information content (AvgIpc) is 2.67. The van der Waals surface area contributed by atoms with E-state index in [0.717, 1.165) is 0 Å². The molecule has 0 saturated heterocycles. The van der Waals surface area contributed by atoms with E-state index in [-0.39, 0.29) is 35.2 Å². The van der Waals surface area contributed by atoms with Gasteiger partial charge in [-0.1, -0.05) is 45.9 Å². The molecular formula is C23H28FNO5S. The van der Waals surface area contributed by atoms with Gasteiger partial charge < -0.3 is 4.74 Å². The van der Waals surface area contributed by atoms with Gasteiger partial charge in [0.1, 0.15) is 5.82 Å². The lowest BCUT2D eigenvalue weighted by atomic mass is 9.87. The number of sulfonamides is 1. The Morgan fingerprint density at radius 3 is 2.10 bits per heavy atom. The van der Waals surface area contributed by atoms with Crippen LogP contribution < -0.4 is 4.72 Å². The molecule has 1 N–H and O–H groups in total. The lowest BCUT2D eigenvalue weighted by molar-refractivity contribution is -0.118. The second-order valence-corrected chi connectivity index (χ2v) is 9.70. The number of carbonyl (C=O) groups is 2. The Kier molecular flexibility index (Phi) is 7.95. The maximum atomic E-state index is 14.1. The Hall–Kier alpha value is -2.74. The van der Waals surface area contributed by atoms with Crippen LogP contribution in [-0.2, 0) is 31.7 Å². The summed E-state index contributed by atoms with van der Waals surface area (Å²) >= 11 is 0. The van der Waals surface area contributed by atoms with Crippen LogP contribution in [0, 0.1) is 5.82 Å². The first-order valence-corrected chi connectivity index (χ1v) is 11.6. The third-order valence-corrected chi connectivity index (χ3v) is 6.13. The quantitative estimate of drug-likeness (QED) is 0.614. The van der Waals surface area contributed by atoms with Gasteiger partial charge in [0.15, 0.2) is 0 Å². The lowest BCUT2D eigenvalue weighted by Crippen LogP contribution is -2.33. The fraction of sp³-hybridized carbons (Fsp3) is 0.391. The first-order valence-electron chi connectivity index (χ1n) is 9.97. The molecule has 8 heteroatoms. The van der Waals surface area contributed by atoms with E-state index in [1.807, 2.05) is 27.7 Å². The number of hydrogen-bond donors (Lipinski definition) is 1. The van der Waals surface area contributed by atoms with Gasteiger partial charge in [0.25, 0.3) is 0 Å². The van der Waals surface area contributed by atoms with Crippen molar-refractivity contribution in [2.45, 2.75) is 51.7 Å². The van der Waals surface area contributed by atoms with Crippen molar-refractivity contribution in [2.75, 3.05) is 7.11 Å². The number of ether oxygens (including phenoxy) is 1. The third-order valence-electron chi connectivity index (χ3n) is 4.90. The number of esters is 1. The van der Waals surface area contributed by atoms with Gasteiger partial charge in [-0.25, -0.2) is 17.6 Å². The van der Waals surface area contributed by atoms with E-state index in [9.17, 15) is 22.4 Å². The monoisotopic (exact) mass is 449 g/mol. The number of halogens is 1. The van der Waals surface area contributed by atoms with E-state index in [0.29, 0.717) is 16.7 Å². The minimum absolute atomic E-state index is 0.0421. The Morgan fingerprint density at radius 1 is 1.03 bits per heavy atom. The molecule has 0 saturated carbocycles. The van der Waals surface area contributed by atoms with Crippen molar-refractivity contribution in [3.8, 4) is 0 Å². The number of methoxy groups -OCH3 is 1. The molecule has 31 heavy (non-hydrogen) atoms. The summed E-state index contributed by atoms with van der Waals surface area (Å²) in [7, 11) is -2.87. The smallest absolute Gasteiger partial charge is 0.338 e. The minimum Gasteiger partial charge on any atom is -0.465 e. The molecule has 0 aromatic heterocycles. The number of rotatable bonds is 8. The highest BCUT2D eigenvalue weighted by Crippen LogP contribution is 2.29. The van der Waals surface area contributed by atoms with E-state index >= 15 is 0 Å². The summed E-state index contributed by atoms with van der Waals surface area (Å²) in [5, 5.41) is 0. The highest BCUT2D eigenvalue weighted by Gasteiger charge is 2.23. The number of amides is 1. The van der Waals surface area contributed by atoms with Gasteiger partial charge in [0, 0.05) is 0 Å². The predicted octanol–water partition coefficient (Wildman–Crippen LogP) is 4.05. The zero-order chi connectivity index (χ0) is 23.3. The van der Waals surface area contributed by atoms with E-state index in [4.69, 9.17) is 0 Å². The van der Waals surface area contributed by atoms with Crippen molar-refractivity contribution in [2.24, 2.45) is 0 Å². The molecule has 2 rings (SSSR count). The van der Waals surface area contributed by atoms with Gasteiger partial charge >= 0.3 is 5.97 Å². The zero-order valence-corrected chi connectivity index (χ0v) is 19.2. The van der Waals surface area contributed by atoms with Crippen LogP contribution in [0.5, 0.6) is 0 Å². The first-order chi connectivity index (χ1) is 14.4. The van der Waals surface area contributed by atoms with Crippen LogP contribution in [-0.4, -0.2) is 27.4 Å². The minimum atomic E-state index is -4.07. The van der Waals surface area contributed by atoms with Gasteiger partial charge in [0.05, 0.1) is 24.8 Å². The topological polar surface area (TPSA) is 89.5 Å². The normalized spacial score (nSPS) is 11.6. The zero-order valence-electron chi connectivity index (χ0n) is 18.4. The van der Waals surface area contributed by atoms with Gasteiger partial charge in [0.2, 0.25) is 15.9 Å². The molecule has 0 bridgehead atoms. The fourth-order valence-corrected chi connectivity index (χ4v) is 4.63. The van der Waals surface area contributed by atoms with Crippen LogP contribution in [0.4, 0.5) is 4.39 Å². The Balaban J connectivity index is 2.28. The average molecular weight is 450 g/mol. The molecule has 0 unspecified atom stereocenters. The summed E-state index contributed by atoms with van der Waals surface area (Å²) in [6.45, 7) is 7.56. The maximum absolute atomic E-state index is 14.1. The fourth-order valence-electron chi connectivity index (χ4n) is 3.48. The molecule has 0 fully saturated rings. The molecule has 6 nitrogen and oxygen atoms in total. The predicted molar refractivity (Wildman–Crippen MR) is 117 cm³/mol. The largest absolute Gasteiger partial charge is 0.465 e. The molecule has 0 spiro atoms. The van der Waals surface area contributed by atoms with Crippen LogP contribution in [0.2, 0.25) is 0 Å². The standard InChI is InChI=1S/C23H28FNO5S/c1-14(2)19-10-17(24)11-20(15(3)4)21(19)12-22(26)25-31(28,29)13-16-8-6-7-9-18(16)23(27)30-5/h6-11,14-15H,12-13H2,1-5H3,(H,25,26). The summed E-state index contributed by atoms with van der Waals surface area (Å²) < 4.78 is 46.1. The Morgan fingerprint density at radius 2 is 1.58 bits per heavy atom. The second kappa shape index (κ2) is 10.0. The summed E-state index contributed by atoms with van der Waals surface area (Å²) in [5.74, 6) is -2.40. The van der Waals surface area contributed by atoms with Crippen molar-refractivity contribution in [1.29, 1.82) is 0 Å². The van der Waals surface area contributed by atoms with Crippen molar-refractivity contribution < 1.29 is 27.1 Å². The van der Waals surface area contributed by atoms with Gasteiger partial charge in [-0.15, -0.1) is 0 Å². The van der Waals surface area contributed by atoms with Crippen LogP contribution >= 0.6 is 0 Å². The van der Waals surface area contributed by atoms with Gasteiger partial charge in [-0.2, -0.15) is 0 Å². The molecule has 168 valence electrons. The molecule has 0 aliphatic carbocycles. The summed E-state index contributed by atoms with van der Waals surface area (Å²) in [6, 6.07) is 8.92. The Labute approximate surface area is 182 Å². The second-order valence-electron chi connectivity index (χ2n) is 7.98. The summed E-state index contributed by atoms with van der Waals surface area (Å²) in [5.41, 5.74) is 2.32. The highest BCUT2D eigenvalue weighted by atomic mass is 32.2. The van der Waals surface area contributed by atoms with E-state index in [1.54, 1.807) is 12.1 Å². The molecule has 0 heterocycles. The van der Waals surface area contributed by atoms with E-state index in [2.05, 4.69) is 9.46 Å².